The highest BCUT2D eigenvalue weighted by Crippen LogP contribution is 2.75. The van der Waals surface area contributed by atoms with Gasteiger partial charge in [-0.25, -0.2) is 0 Å². The third kappa shape index (κ3) is 2.90. The third-order valence-electron chi connectivity index (χ3n) is 11.9. The topological polar surface area (TPSA) is 80.7 Å². The molecule has 0 radical (unpaired) electrons. The fourth-order valence-electron chi connectivity index (χ4n) is 9.38. The molecule has 0 heterocycles. The molecule has 5 aliphatic carbocycles. The fourth-order valence-corrected chi connectivity index (χ4v) is 9.38. The lowest BCUT2D eigenvalue weighted by molar-refractivity contribution is -0.216. The maximum absolute atomic E-state index is 14.0. The van der Waals surface area contributed by atoms with Gasteiger partial charge in [-0.3, -0.25) is 14.4 Å². The van der Waals surface area contributed by atoms with Gasteiger partial charge in [-0.15, -0.1) is 0 Å². The van der Waals surface area contributed by atoms with Gasteiger partial charge in [0.15, 0.2) is 11.5 Å². The molecule has 0 unspecified atom stereocenters. The molecule has 5 aliphatic rings. The number of carbonyl (C=O) groups is 3. The number of esters is 1. The number of methoxy groups -OCH3 is 1. The van der Waals surface area contributed by atoms with Crippen LogP contribution in [0.2, 0.25) is 0 Å². The zero-order valence-electron chi connectivity index (χ0n) is 22.3. The molecule has 5 nitrogen and oxygen atoms in total. The molecule has 1 N–H and O–H groups in total. The van der Waals surface area contributed by atoms with Gasteiger partial charge in [-0.05, 0) is 104 Å². The van der Waals surface area contributed by atoms with Crippen molar-refractivity contribution in [1.82, 2.24) is 0 Å². The van der Waals surface area contributed by atoms with Crippen LogP contribution in [0, 0.1) is 38.9 Å². The van der Waals surface area contributed by atoms with Crippen LogP contribution in [-0.2, 0) is 19.1 Å². The number of carbonyl (C=O) groups excluding carboxylic acids is 3. The van der Waals surface area contributed by atoms with Crippen molar-refractivity contribution in [2.24, 2.45) is 38.9 Å². The van der Waals surface area contributed by atoms with Crippen LogP contribution in [-0.4, -0.2) is 29.8 Å². The van der Waals surface area contributed by atoms with Crippen LogP contribution in [0.25, 0.3) is 0 Å². The smallest absolute Gasteiger partial charge is 0.311 e. The normalized spacial score (nSPS) is 47.1. The van der Waals surface area contributed by atoms with Crippen LogP contribution in [0.15, 0.2) is 34.6 Å². The summed E-state index contributed by atoms with van der Waals surface area (Å²) in [5.74, 6) is -0.545. The lowest BCUT2D eigenvalue weighted by atomic mass is 9.32. The Kier molecular flexibility index (Phi) is 5.04. The van der Waals surface area contributed by atoms with Crippen molar-refractivity contribution in [3.8, 4) is 0 Å². The zero-order chi connectivity index (χ0) is 25.8. The SMILES string of the molecule is COC(=O)[C@]1(C)CC[C@]2(C)CC[C@]3(C)[C@H]4C(=O)C=C5C(=CC(=O)C(O)=C5C)[C@]4(C)CC[C@@]3(C)[C@@H]2C1. The molecular formula is C30H40O5. The van der Waals surface area contributed by atoms with E-state index in [1.54, 1.807) is 19.1 Å². The number of aliphatic hydroxyl groups is 1. The summed E-state index contributed by atoms with van der Waals surface area (Å²) in [4.78, 5) is 39.5. The van der Waals surface area contributed by atoms with Crippen LogP contribution in [0.5, 0.6) is 0 Å². The number of ketones is 2. The van der Waals surface area contributed by atoms with Gasteiger partial charge in [-0.2, -0.15) is 0 Å². The Morgan fingerprint density at radius 3 is 2.23 bits per heavy atom. The van der Waals surface area contributed by atoms with E-state index in [1.165, 1.54) is 7.11 Å². The molecular weight excluding hydrogens is 440 g/mol. The van der Waals surface area contributed by atoms with Gasteiger partial charge in [-0.1, -0.05) is 27.7 Å². The molecule has 0 aliphatic heterocycles. The Morgan fingerprint density at radius 2 is 1.57 bits per heavy atom. The number of hydrogen-bond acceptors (Lipinski definition) is 5. The minimum absolute atomic E-state index is 0.115. The molecule has 7 atom stereocenters. The summed E-state index contributed by atoms with van der Waals surface area (Å²) < 4.78 is 5.24. The Morgan fingerprint density at radius 1 is 0.943 bits per heavy atom. The first-order valence-corrected chi connectivity index (χ1v) is 13.2. The summed E-state index contributed by atoms with van der Waals surface area (Å²) in [6, 6.07) is 0. The summed E-state index contributed by atoms with van der Waals surface area (Å²) in [5.41, 5.74) is 0.960. The van der Waals surface area contributed by atoms with E-state index >= 15 is 0 Å². The molecule has 190 valence electrons. The van der Waals surface area contributed by atoms with Gasteiger partial charge in [0.1, 0.15) is 0 Å². The summed E-state index contributed by atoms with van der Waals surface area (Å²) >= 11 is 0. The number of allylic oxidation sites excluding steroid dienone is 5. The molecule has 3 saturated carbocycles. The van der Waals surface area contributed by atoms with Crippen molar-refractivity contribution in [1.29, 1.82) is 0 Å². The second kappa shape index (κ2) is 7.20. The standard InChI is InChI=1S/C30H40O5/c1-17-18-14-21(32)24-28(4,19(18)15-20(31)23(17)33)11-13-29(5)22-16-27(3,25(34)35-7)9-8-26(22,2)10-12-30(24,29)6/h14-15,22,24,33H,8-13,16H2,1-7H3/t22-,24+,26-,27-,28+,29+,30-/m1/s1. The largest absolute Gasteiger partial charge is 0.504 e. The van der Waals surface area contributed by atoms with Gasteiger partial charge >= 0.3 is 5.97 Å². The van der Waals surface area contributed by atoms with Crippen LogP contribution in [0.4, 0.5) is 0 Å². The van der Waals surface area contributed by atoms with Gasteiger partial charge in [0.25, 0.3) is 0 Å². The molecule has 5 heteroatoms. The molecule has 5 rings (SSSR count). The summed E-state index contributed by atoms with van der Waals surface area (Å²) in [7, 11) is 1.48. The number of fused-ring (bicyclic) bond motifs is 7. The molecule has 0 aromatic rings. The Labute approximate surface area is 209 Å². The monoisotopic (exact) mass is 480 g/mol. The van der Waals surface area contributed by atoms with Gasteiger partial charge in [0, 0.05) is 16.9 Å². The van der Waals surface area contributed by atoms with E-state index in [9.17, 15) is 19.5 Å². The first-order chi connectivity index (χ1) is 16.2. The number of hydrogen-bond donors (Lipinski definition) is 1. The predicted molar refractivity (Wildman–Crippen MR) is 133 cm³/mol. The van der Waals surface area contributed by atoms with Crippen LogP contribution >= 0.6 is 0 Å². The van der Waals surface area contributed by atoms with Gasteiger partial charge in [0.05, 0.1) is 12.5 Å². The molecule has 0 bridgehead atoms. The van der Waals surface area contributed by atoms with Crippen molar-refractivity contribution in [2.75, 3.05) is 7.11 Å². The summed E-state index contributed by atoms with van der Waals surface area (Å²) in [6.07, 6.45) is 9.65. The molecule has 35 heavy (non-hydrogen) atoms. The maximum Gasteiger partial charge on any atom is 0.311 e. The van der Waals surface area contributed by atoms with Crippen LogP contribution in [0.3, 0.4) is 0 Å². The van der Waals surface area contributed by atoms with E-state index in [4.69, 9.17) is 4.74 Å². The molecule has 0 spiro atoms. The summed E-state index contributed by atoms with van der Waals surface area (Å²) in [6.45, 7) is 13.0. The average Bonchev–Trinajstić information content (AvgIpc) is 2.81. The number of aliphatic hydroxyl groups excluding tert-OH is 1. The van der Waals surface area contributed by atoms with E-state index in [0.29, 0.717) is 11.5 Å². The highest BCUT2D eigenvalue weighted by Gasteiger charge is 2.70. The quantitative estimate of drug-likeness (QED) is 0.463. The van der Waals surface area contributed by atoms with Gasteiger partial charge < -0.3 is 9.84 Å². The van der Waals surface area contributed by atoms with E-state index in [0.717, 1.165) is 56.1 Å². The van der Waals surface area contributed by atoms with Crippen molar-refractivity contribution in [3.05, 3.63) is 34.6 Å². The average molecular weight is 481 g/mol. The number of ether oxygens (including phenoxy) is 1. The Hall–Kier alpha value is -2.17. The molecule has 3 fully saturated rings. The minimum Gasteiger partial charge on any atom is -0.504 e. The lowest BCUT2D eigenvalue weighted by Crippen LogP contribution is -2.66. The van der Waals surface area contributed by atoms with Crippen LogP contribution in [0.1, 0.15) is 86.5 Å². The molecule has 0 amide bonds. The number of rotatable bonds is 1. The van der Waals surface area contributed by atoms with Crippen molar-refractivity contribution in [3.63, 3.8) is 0 Å². The fraction of sp³-hybridized carbons (Fsp3) is 0.700. The first-order valence-electron chi connectivity index (χ1n) is 13.2. The Balaban J connectivity index is 1.63. The van der Waals surface area contributed by atoms with Crippen LogP contribution < -0.4 is 0 Å². The highest BCUT2D eigenvalue weighted by molar-refractivity contribution is 6.09. The maximum atomic E-state index is 14.0. The lowest BCUT2D eigenvalue weighted by Gasteiger charge is -2.71. The van der Waals surface area contributed by atoms with E-state index in [-0.39, 0.29) is 45.5 Å². The minimum atomic E-state index is -0.498. The predicted octanol–water partition coefficient (Wildman–Crippen LogP) is 6.05. The second-order valence-corrected chi connectivity index (χ2v) is 13.5. The van der Waals surface area contributed by atoms with E-state index in [1.807, 2.05) is 0 Å². The van der Waals surface area contributed by atoms with Crippen molar-refractivity contribution in [2.45, 2.75) is 86.5 Å². The molecule has 0 aromatic heterocycles. The zero-order valence-corrected chi connectivity index (χ0v) is 22.3. The molecule has 0 saturated heterocycles. The first kappa shape index (κ1) is 24.5. The van der Waals surface area contributed by atoms with E-state index in [2.05, 4.69) is 34.6 Å². The Bertz CT molecular complexity index is 1140. The van der Waals surface area contributed by atoms with E-state index < -0.39 is 10.8 Å². The third-order valence-corrected chi connectivity index (χ3v) is 11.9. The molecule has 0 aromatic carbocycles. The van der Waals surface area contributed by atoms with Crippen molar-refractivity contribution < 1.29 is 24.2 Å². The summed E-state index contributed by atoms with van der Waals surface area (Å²) in [5, 5.41) is 10.3. The van der Waals surface area contributed by atoms with Crippen molar-refractivity contribution >= 4 is 17.5 Å². The highest BCUT2D eigenvalue weighted by atomic mass is 16.5. The second-order valence-electron chi connectivity index (χ2n) is 13.5. The van der Waals surface area contributed by atoms with Gasteiger partial charge in [0.2, 0.25) is 5.78 Å².